The summed E-state index contributed by atoms with van der Waals surface area (Å²) in [6.07, 6.45) is 35.3. The number of allylic oxidation sites excluding steroid dienone is 4. The lowest BCUT2D eigenvalue weighted by Crippen LogP contribution is -2.60. The number of piperidine rings is 1. The Labute approximate surface area is 386 Å². The summed E-state index contributed by atoms with van der Waals surface area (Å²) < 4.78 is 23.6. The molecule has 1 aliphatic rings. The molecule has 1 aliphatic heterocycles. The molecule has 0 saturated carbocycles. The highest BCUT2D eigenvalue weighted by molar-refractivity contribution is 5.74. The van der Waals surface area contributed by atoms with Gasteiger partial charge in [0.25, 0.3) is 0 Å². The summed E-state index contributed by atoms with van der Waals surface area (Å²) in [4.78, 5) is 51.9. The molecule has 0 amide bonds. The molecule has 0 N–H and O–H groups in total. The Balaban J connectivity index is 2.72. The standard InChI is InChI=1S/C53H97NO9/c1-10-13-16-19-22-23-24-25-26-27-28-29-30-33-36-46(41-45(4)44-60-51(57)61-47-42-52(5,6)54(9)53(7,8)43-47)50(56)63-62-48(55)37-38-49(58-39-34-31-20-17-14-11-2)59-40-35-32-21-18-15-12-3/h22-23,25-26,45-47,49H,10-21,24,27-44H2,1-9H3. The topological polar surface area (TPSA) is 110 Å². The summed E-state index contributed by atoms with van der Waals surface area (Å²) in [5.74, 6) is -1.86. The lowest BCUT2D eigenvalue weighted by atomic mass is 9.79. The smallest absolute Gasteiger partial charge is 0.434 e. The molecule has 10 heteroatoms. The van der Waals surface area contributed by atoms with Crippen LogP contribution in [0.25, 0.3) is 0 Å². The van der Waals surface area contributed by atoms with E-state index in [1.54, 1.807) is 0 Å². The molecule has 0 radical (unpaired) electrons. The van der Waals surface area contributed by atoms with Crippen molar-refractivity contribution < 1.29 is 43.1 Å². The van der Waals surface area contributed by atoms with E-state index in [0.717, 1.165) is 83.5 Å². The molecule has 1 rings (SSSR count). The fourth-order valence-electron chi connectivity index (χ4n) is 8.50. The van der Waals surface area contributed by atoms with Gasteiger partial charge in [0, 0.05) is 43.6 Å². The Morgan fingerprint density at radius 1 is 0.635 bits per heavy atom. The molecule has 0 bridgehead atoms. The van der Waals surface area contributed by atoms with Gasteiger partial charge < -0.3 is 18.9 Å². The third kappa shape index (κ3) is 30.4. The molecule has 0 spiro atoms. The first-order valence-corrected chi connectivity index (χ1v) is 25.8. The lowest BCUT2D eigenvalue weighted by molar-refractivity contribution is -0.263. The number of unbranched alkanes of at least 4 members (excludes halogenated alkanes) is 17. The number of carbonyl (C=O) groups is 3. The van der Waals surface area contributed by atoms with Crippen molar-refractivity contribution in [3.63, 3.8) is 0 Å². The first kappa shape index (κ1) is 58.6. The predicted molar refractivity (Wildman–Crippen MR) is 257 cm³/mol. The van der Waals surface area contributed by atoms with Gasteiger partial charge in [0.05, 0.1) is 18.9 Å². The van der Waals surface area contributed by atoms with Crippen LogP contribution in [0.15, 0.2) is 24.3 Å². The lowest BCUT2D eigenvalue weighted by Gasteiger charge is -2.53. The predicted octanol–water partition coefficient (Wildman–Crippen LogP) is 14.7. The van der Waals surface area contributed by atoms with Gasteiger partial charge in [-0.1, -0.05) is 148 Å². The van der Waals surface area contributed by atoms with Crippen LogP contribution in [0.2, 0.25) is 0 Å². The van der Waals surface area contributed by atoms with Gasteiger partial charge in [-0.05, 0) is 98.4 Å². The first-order valence-electron chi connectivity index (χ1n) is 25.8. The quantitative estimate of drug-likeness (QED) is 0.0148. The maximum absolute atomic E-state index is 13.5. The zero-order chi connectivity index (χ0) is 46.6. The number of hydrogen-bond donors (Lipinski definition) is 0. The van der Waals surface area contributed by atoms with Crippen molar-refractivity contribution >= 4 is 18.1 Å². The molecular formula is C53H97NO9. The van der Waals surface area contributed by atoms with E-state index in [1.807, 2.05) is 6.92 Å². The van der Waals surface area contributed by atoms with Gasteiger partial charge in [0.2, 0.25) is 0 Å². The summed E-state index contributed by atoms with van der Waals surface area (Å²) in [6.45, 7) is 18.5. The minimum absolute atomic E-state index is 0.0112. The summed E-state index contributed by atoms with van der Waals surface area (Å²) in [5, 5.41) is 0. The number of ether oxygens (including phenoxy) is 4. The molecule has 0 aromatic carbocycles. The third-order valence-corrected chi connectivity index (χ3v) is 12.7. The van der Waals surface area contributed by atoms with Crippen LogP contribution >= 0.6 is 0 Å². The zero-order valence-electron chi connectivity index (χ0n) is 42.2. The molecule has 0 aromatic rings. The van der Waals surface area contributed by atoms with Crippen LogP contribution in [-0.4, -0.2) is 73.3 Å². The number of carbonyl (C=O) groups excluding carboxylic acids is 3. The van der Waals surface area contributed by atoms with E-state index in [-0.39, 0.29) is 36.1 Å². The van der Waals surface area contributed by atoms with Gasteiger partial charge in [0.1, 0.15) is 6.10 Å². The van der Waals surface area contributed by atoms with Crippen LogP contribution in [0, 0.1) is 11.8 Å². The van der Waals surface area contributed by atoms with Gasteiger partial charge in [-0.3, -0.25) is 4.90 Å². The summed E-state index contributed by atoms with van der Waals surface area (Å²) in [7, 11) is 2.11. The minimum Gasteiger partial charge on any atom is -0.434 e. The van der Waals surface area contributed by atoms with Crippen LogP contribution in [0.1, 0.15) is 235 Å². The van der Waals surface area contributed by atoms with E-state index in [1.165, 1.54) is 70.6 Å². The molecule has 0 aromatic heterocycles. The average molecular weight is 892 g/mol. The van der Waals surface area contributed by atoms with Crippen LogP contribution in [-0.2, 0) is 38.3 Å². The second-order valence-electron chi connectivity index (χ2n) is 19.7. The number of rotatable bonds is 38. The van der Waals surface area contributed by atoms with Gasteiger partial charge >= 0.3 is 18.1 Å². The Kier molecular flexibility index (Phi) is 34.2. The normalized spacial score (nSPS) is 16.5. The highest BCUT2D eigenvalue weighted by Crippen LogP contribution is 2.38. The van der Waals surface area contributed by atoms with Crippen molar-refractivity contribution in [1.82, 2.24) is 4.90 Å². The Morgan fingerprint density at radius 3 is 1.70 bits per heavy atom. The first-order chi connectivity index (χ1) is 30.2. The van der Waals surface area contributed by atoms with Gasteiger partial charge in [-0.25, -0.2) is 24.2 Å². The van der Waals surface area contributed by atoms with Crippen molar-refractivity contribution in [3.05, 3.63) is 24.3 Å². The van der Waals surface area contributed by atoms with Crippen molar-refractivity contribution in [2.75, 3.05) is 26.9 Å². The minimum atomic E-state index is -0.682. The van der Waals surface area contributed by atoms with Gasteiger partial charge in [0.15, 0.2) is 6.29 Å². The van der Waals surface area contributed by atoms with Gasteiger partial charge in [-0.15, -0.1) is 0 Å². The van der Waals surface area contributed by atoms with E-state index in [4.69, 9.17) is 28.7 Å². The van der Waals surface area contributed by atoms with E-state index < -0.39 is 30.3 Å². The molecule has 0 aliphatic carbocycles. The fourth-order valence-corrected chi connectivity index (χ4v) is 8.50. The Hall–Kier alpha value is -2.43. The summed E-state index contributed by atoms with van der Waals surface area (Å²) >= 11 is 0. The number of hydrogen-bond acceptors (Lipinski definition) is 10. The van der Waals surface area contributed by atoms with Crippen molar-refractivity contribution in [2.24, 2.45) is 11.8 Å². The maximum atomic E-state index is 13.5. The molecular weight excluding hydrogens is 795 g/mol. The molecule has 63 heavy (non-hydrogen) atoms. The van der Waals surface area contributed by atoms with Gasteiger partial charge in [-0.2, -0.15) is 0 Å². The number of nitrogens with zero attached hydrogens (tertiary/aromatic N) is 1. The van der Waals surface area contributed by atoms with Crippen molar-refractivity contribution in [2.45, 2.75) is 259 Å². The Bertz CT molecular complexity index is 1180. The van der Waals surface area contributed by atoms with E-state index in [0.29, 0.717) is 32.5 Å². The zero-order valence-corrected chi connectivity index (χ0v) is 42.2. The van der Waals surface area contributed by atoms with Crippen LogP contribution in [0.3, 0.4) is 0 Å². The SMILES string of the molecule is CCCCCC=CCC=CCCCCCCC(CC(C)COC(=O)OC1CC(C)(C)N(C)C(C)(C)C1)C(=O)OOC(=O)CCC(OCCCCCCCC)OCCCCCCCC. The highest BCUT2D eigenvalue weighted by atomic mass is 17.2. The molecule has 368 valence electrons. The highest BCUT2D eigenvalue weighted by Gasteiger charge is 2.44. The molecule has 2 unspecified atom stereocenters. The largest absolute Gasteiger partial charge is 0.508 e. The van der Waals surface area contributed by atoms with Crippen molar-refractivity contribution in [3.8, 4) is 0 Å². The fraction of sp³-hybridized carbons (Fsp3) is 0.868. The summed E-state index contributed by atoms with van der Waals surface area (Å²) in [6, 6.07) is 0. The average Bonchev–Trinajstić information content (AvgIpc) is 3.24. The van der Waals surface area contributed by atoms with Crippen LogP contribution in [0.4, 0.5) is 4.79 Å². The van der Waals surface area contributed by atoms with E-state index >= 15 is 0 Å². The van der Waals surface area contributed by atoms with E-state index in [2.05, 4.69) is 84.7 Å². The summed E-state index contributed by atoms with van der Waals surface area (Å²) in [5.41, 5.74) is -0.245. The number of likely N-dealkylation sites (tertiary alicyclic amines) is 1. The van der Waals surface area contributed by atoms with E-state index in [9.17, 15) is 14.4 Å². The van der Waals surface area contributed by atoms with Crippen LogP contribution in [0.5, 0.6) is 0 Å². The molecule has 1 saturated heterocycles. The second-order valence-corrected chi connectivity index (χ2v) is 19.7. The molecule has 2 atom stereocenters. The monoisotopic (exact) mass is 892 g/mol. The molecule has 10 nitrogen and oxygen atoms in total. The third-order valence-electron chi connectivity index (χ3n) is 12.7. The Morgan fingerprint density at radius 2 is 1.13 bits per heavy atom. The second kappa shape index (κ2) is 36.7. The molecule has 1 fully saturated rings. The van der Waals surface area contributed by atoms with Crippen LogP contribution < -0.4 is 0 Å². The maximum Gasteiger partial charge on any atom is 0.508 e. The van der Waals surface area contributed by atoms with Crippen molar-refractivity contribution in [1.29, 1.82) is 0 Å². The molecule has 1 heterocycles.